The molecule has 0 radical (unpaired) electrons. The van der Waals surface area contributed by atoms with E-state index in [1.54, 1.807) is 17.0 Å². The van der Waals surface area contributed by atoms with Crippen LogP contribution in [0.25, 0.3) is 5.70 Å². The van der Waals surface area contributed by atoms with Gasteiger partial charge in [-0.1, -0.05) is 23.6 Å². The van der Waals surface area contributed by atoms with Gasteiger partial charge < -0.3 is 9.64 Å². The molecular formula is C16H15Cl2NO2. The standard InChI is InChI=1S/C16H15Cl2NO2/c1-3-9-21-11-5-6-12(14(18)10-11)15-8-7-13(17)16(20)19(15)4-2/h1,5-6,8,10,13H,4,7,9H2,2H3. The predicted molar refractivity (Wildman–Crippen MR) is 85.4 cm³/mol. The molecule has 2 rings (SSSR count). The first kappa shape index (κ1) is 15.8. The number of carbonyl (C=O) groups excluding carboxylic acids is 1. The second kappa shape index (κ2) is 6.89. The van der Waals surface area contributed by atoms with E-state index in [1.165, 1.54) is 0 Å². The summed E-state index contributed by atoms with van der Waals surface area (Å²) in [6.07, 6.45) is 7.59. The third-order valence-corrected chi connectivity index (χ3v) is 3.88. The van der Waals surface area contributed by atoms with Crippen LogP contribution in [-0.4, -0.2) is 29.3 Å². The number of terminal acetylenes is 1. The molecule has 110 valence electrons. The molecule has 1 unspecified atom stereocenters. The normalized spacial score (nSPS) is 18.2. The zero-order valence-corrected chi connectivity index (χ0v) is 13.1. The number of rotatable bonds is 4. The molecule has 1 aromatic carbocycles. The van der Waals surface area contributed by atoms with Crippen molar-refractivity contribution in [2.24, 2.45) is 0 Å². The first-order valence-corrected chi connectivity index (χ1v) is 7.41. The topological polar surface area (TPSA) is 29.5 Å². The van der Waals surface area contributed by atoms with E-state index in [9.17, 15) is 4.79 Å². The van der Waals surface area contributed by atoms with Gasteiger partial charge >= 0.3 is 0 Å². The van der Waals surface area contributed by atoms with E-state index in [-0.39, 0.29) is 12.5 Å². The highest BCUT2D eigenvalue weighted by Gasteiger charge is 2.29. The van der Waals surface area contributed by atoms with Gasteiger partial charge in [0, 0.05) is 17.8 Å². The Morgan fingerprint density at radius 1 is 1.52 bits per heavy atom. The number of ether oxygens (including phenoxy) is 1. The van der Waals surface area contributed by atoms with E-state index in [0.717, 1.165) is 11.3 Å². The fourth-order valence-electron chi connectivity index (χ4n) is 2.21. The van der Waals surface area contributed by atoms with Gasteiger partial charge in [-0.05, 0) is 31.5 Å². The first-order valence-electron chi connectivity index (χ1n) is 6.60. The highest BCUT2D eigenvalue weighted by Crippen LogP contribution is 2.33. The molecule has 0 aromatic heterocycles. The zero-order valence-electron chi connectivity index (χ0n) is 11.6. The molecule has 0 spiro atoms. The Balaban J connectivity index is 2.33. The van der Waals surface area contributed by atoms with E-state index in [1.807, 2.05) is 19.1 Å². The highest BCUT2D eigenvalue weighted by molar-refractivity contribution is 6.33. The van der Waals surface area contributed by atoms with Gasteiger partial charge in [0.2, 0.25) is 5.91 Å². The summed E-state index contributed by atoms with van der Waals surface area (Å²) in [7, 11) is 0. The van der Waals surface area contributed by atoms with Crippen LogP contribution >= 0.6 is 23.2 Å². The Labute approximate surface area is 134 Å². The van der Waals surface area contributed by atoms with Gasteiger partial charge in [0.1, 0.15) is 17.7 Å². The maximum atomic E-state index is 12.1. The molecule has 1 atom stereocenters. The van der Waals surface area contributed by atoms with Crippen molar-refractivity contribution in [2.45, 2.75) is 18.7 Å². The minimum Gasteiger partial charge on any atom is -0.481 e. The van der Waals surface area contributed by atoms with Gasteiger partial charge in [-0.3, -0.25) is 4.79 Å². The van der Waals surface area contributed by atoms with Gasteiger partial charge in [-0.15, -0.1) is 18.0 Å². The van der Waals surface area contributed by atoms with Crippen LogP contribution in [0, 0.1) is 12.3 Å². The molecule has 3 nitrogen and oxygen atoms in total. The number of benzene rings is 1. The number of hydrogen-bond acceptors (Lipinski definition) is 2. The van der Waals surface area contributed by atoms with Gasteiger partial charge in [0.25, 0.3) is 0 Å². The molecule has 0 saturated heterocycles. The molecule has 5 heteroatoms. The van der Waals surface area contributed by atoms with E-state index >= 15 is 0 Å². The Kier molecular flexibility index (Phi) is 5.17. The zero-order chi connectivity index (χ0) is 15.4. The Bertz CT molecular complexity index is 619. The number of allylic oxidation sites excluding steroid dienone is 1. The minimum atomic E-state index is -0.509. The summed E-state index contributed by atoms with van der Waals surface area (Å²) in [5, 5.41) is 0.000699. The summed E-state index contributed by atoms with van der Waals surface area (Å²) >= 11 is 12.3. The Morgan fingerprint density at radius 3 is 2.90 bits per heavy atom. The van der Waals surface area contributed by atoms with Gasteiger partial charge in [-0.25, -0.2) is 0 Å². The second-order valence-electron chi connectivity index (χ2n) is 4.51. The van der Waals surface area contributed by atoms with Crippen molar-refractivity contribution in [1.82, 2.24) is 4.90 Å². The monoisotopic (exact) mass is 323 g/mol. The summed E-state index contributed by atoms with van der Waals surface area (Å²) in [4.78, 5) is 13.8. The molecule has 0 aliphatic carbocycles. The SMILES string of the molecule is C#CCOc1ccc(C2=CCC(Cl)C(=O)N2CC)c(Cl)c1. The average molecular weight is 324 g/mol. The van der Waals surface area contributed by atoms with Crippen molar-refractivity contribution < 1.29 is 9.53 Å². The van der Waals surface area contributed by atoms with Crippen molar-refractivity contribution >= 4 is 34.8 Å². The number of carbonyl (C=O) groups is 1. The lowest BCUT2D eigenvalue weighted by Crippen LogP contribution is -2.38. The van der Waals surface area contributed by atoms with Crippen LogP contribution in [0.4, 0.5) is 0 Å². The molecule has 0 N–H and O–H groups in total. The third-order valence-electron chi connectivity index (χ3n) is 3.20. The smallest absolute Gasteiger partial charge is 0.245 e. The number of hydrogen-bond donors (Lipinski definition) is 0. The molecule has 1 heterocycles. The van der Waals surface area contributed by atoms with Crippen molar-refractivity contribution in [3.63, 3.8) is 0 Å². The second-order valence-corrected chi connectivity index (χ2v) is 5.44. The molecule has 21 heavy (non-hydrogen) atoms. The van der Waals surface area contributed by atoms with Crippen molar-refractivity contribution in [3.8, 4) is 18.1 Å². The van der Waals surface area contributed by atoms with Gasteiger partial charge in [0.15, 0.2) is 0 Å². The largest absolute Gasteiger partial charge is 0.481 e. The van der Waals surface area contributed by atoms with Crippen LogP contribution in [0.2, 0.25) is 5.02 Å². The van der Waals surface area contributed by atoms with Crippen molar-refractivity contribution in [1.29, 1.82) is 0 Å². The minimum absolute atomic E-state index is 0.0969. The van der Waals surface area contributed by atoms with E-state index in [2.05, 4.69) is 5.92 Å². The average Bonchev–Trinajstić information content (AvgIpc) is 2.48. The fraction of sp³-hybridized carbons (Fsp3) is 0.312. The van der Waals surface area contributed by atoms with E-state index in [0.29, 0.717) is 23.7 Å². The lowest BCUT2D eigenvalue weighted by Gasteiger charge is -2.30. The number of halogens is 2. The van der Waals surface area contributed by atoms with Crippen LogP contribution in [0.1, 0.15) is 18.9 Å². The summed E-state index contributed by atoms with van der Waals surface area (Å²) in [5.74, 6) is 2.90. The Hall–Kier alpha value is -1.63. The van der Waals surface area contributed by atoms with Crippen LogP contribution in [0.3, 0.4) is 0 Å². The number of amides is 1. The predicted octanol–water partition coefficient (Wildman–Crippen LogP) is 3.55. The summed E-state index contributed by atoms with van der Waals surface area (Å²) < 4.78 is 5.33. The molecular weight excluding hydrogens is 309 g/mol. The van der Waals surface area contributed by atoms with E-state index < -0.39 is 5.38 Å². The molecule has 1 aromatic rings. The van der Waals surface area contributed by atoms with Crippen LogP contribution < -0.4 is 4.74 Å². The van der Waals surface area contributed by atoms with Crippen LogP contribution in [-0.2, 0) is 4.79 Å². The maximum Gasteiger partial charge on any atom is 0.245 e. The highest BCUT2D eigenvalue weighted by atomic mass is 35.5. The van der Waals surface area contributed by atoms with Gasteiger partial charge in [0.05, 0.1) is 5.02 Å². The molecule has 1 aliphatic heterocycles. The summed E-state index contributed by atoms with van der Waals surface area (Å²) in [6, 6.07) is 5.30. The third kappa shape index (κ3) is 3.34. The lowest BCUT2D eigenvalue weighted by atomic mass is 10.0. The maximum absolute atomic E-state index is 12.1. The first-order chi connectivity index (χ1) is 10.1. The van der Waals surface area contributed by atoms with Crippen LogP contribution in [0.15, 0.2) is 24.3 Å². The van der Waals surface area contributed by atoms with E-state index in [4.69, 9.17) is 34.4 Å². The number of nitrogens with zero attached hydrogens (tertiary/aromatic N) is 1. The Morgan fingerprint density at radius 2 is 2.29 bits per heavy atom. The fourth-order valence-corrected chi connectivity index (χ4v) is 2.69. The summed E-state index contributed by atoms with van der Waals surface area (Å²) in [6.45, 7) is 2.63. The molecule has 0 saturated carbocycles. The van der Waals surface area contributed by atoms with Crippen molar-refractivity contribution in [2.75, 3.05) is 13.2 Å². The molecule has 0 fully saturated rings. The lowest BCUT2D eigenvalue weighted by molar-refractivity contribution is -0.127. The quantitative estimate of drug-likeness (QED) is 0.626. The van der Waals surface area contributed by atoms with Gasteiger partial charge in [-0.2, -0.15) is 0 Å². The van der Waals surface area contributed by atoms with Crippen LogP contribution in [0.5, 0.6) is 5.75 Å². The molecule has 0 bridgehead atoms. The molecule has 1 amide bonds. The van der Waals surface area contributed by atoms with Crippen molar-refractivity contribution in [3.05, 3.63) is 34.9 Å². The number of alkyl halides is 1. The summed E-state index contributed by atoms with van der Waals surface area (Å²) in [5.41, 5.74) is 1.57. The molecule has 1 aliphatic rings.